The second-order valence-electron chi connectivity index (χ2n) is 4.55. The summed E-state index contributed by atoms with van der Waals surface area (Å²) in [6.07, 6.45) is 3.41. The molecule has 0 aromatic heterocycles. The van der Waals surface area contributed by atoms with E-state index >= 15 is 0 Å². The molecule has 0 fully saturated rings. The second-order valence-corrected chi connectivity index (χ2v) is 6.57. The van der Waals surface area contributed by atoms with E-state index in [-0.39, 0.29) is 18.5 Å². The van der Waals surface area contributed by atoms with E-state index in [4.69, 9.17) is 13.8 Å². The highest BCUT2D eigenvalue weighted by molar-refractivity contribution is 7.58. The zero-order valence-electron chi connectivity index (χ0n) is 13.8. The molecular weight excluding hydrogens is 315 g/mol. The van der Waals surface area contributed by atoms with Crippen molar-refractivity contribution >= 4 is 13.7 Å². The van der Waals surface area contributed by atoms with E-state index in [1.807, 2.05) is 30.3 Å². The Labute approximate surface area is 138 Å². The molecule has 1 aromatic rings. The van der Waals surface area contributed by atoms with Crippen molar-refractivity contribution in [2.45, 2.75) is 26.9 Å². The maximum atomic E-state index is 12.9. The second kappa shape index (κ2) is 10.4. The zero-order chi connectivity index (χ0) is 17.1. The van der Waals surface area contributed by atoms with Crippen molar-refractivity contribution in [1.82, 2.24) is 0 Å². The number of benzene rings is 1. The van der Waals surface area contributed by atoms with Gasteiger partial charge in [-0.2, -0.15) is 0 Å². The lowest BCUT2D eigenvalue weighted by Gasteiger charge is -2.22. The minimum atomic E-state index is -3.60. The van der Waals surface area contributed by atoms with E-state index in [2.05, 4.69) is 0 Å². The van der Waals surface area contributed by atoms with E-state index in [0.29, 0.717) is 6.61 Å². The van der Waals surface area contributed by atoms with Gasteiger partial charge >= 0.3 is 7.60 Å². The van der Waals surface area contributed by atoms with Gasteiger partial charge in [-0.3, -0.25) is 4.57 Å². The molecule has 128 valence electrons. The first-order valence-electron chi connectivity index (χ1n) is 7.70. The highest BCUT2D eigenvalue weighted by atomic mass is 31.2. The van der Waals surface area contributed by atoms with Gasteiger partial charge in [0, 0.05) is 0 Å². The third-order valence-corrected chi connectivity index (χ3v) is 5.06. The fourth-order valence-corrected chi connectivity index (χ4v) is 3.52. The van der Waals surface area contributed by atoms with Gasteiger partial charge < -0.3 is 18.9 Å². The maximum absolute atomic E-state index is 12.9. The maximum Gasteiger partial charge on any atom is 0.363 e. The van der Waals surface area contributed by atoms with Crippen LogP contribution in [0.1, 0.15) is 26.3 Å². The Morgan fingerprint density at radius 2 is 1.74 bits per heavy atom. The van der Waals surface area contributed by atoms with Crippen molar-refractivity contribution < 1.29 is 23.5 Å². The molecule has 0 saturated heterocycles. The molecule has 6 heteroatoms. The van der Waals surface area contributed by atoms with Gasteiger partial charge in [0.15, 0.2) is 0 Å². The topological polar surface area (TPSA) is 65.0 Å². The predicted molar refractivity (Wildman–Crippen MR) is 92.1 cm³/mol. The molecule has 5 nitrogen and oxygen atoms in total. The van der Waals surface area contributed by atoms with E-state index in [9.17, 15) is 9.67 Å². The monoisotopic (exact) mass is 340 g/mol. The van der Waals surface area contributed by atoms with Crippen LogP contribution in [0.3, 0.4) is 0 Å². The van der Waals surface area contributed by atoms with Crippen LogP contribution in [-0.2, 0) is 18.3 Å². The largest absolute Gasteiger partial charge is 0.501 e. The Bertz CT molecular complexity index is 543. The minimum absolute atomic E-state index is 0.0928. The van der Waals surface area contributed by atoms with Crippen LogP contribution < -0.4 is 0 Å². The van der Waals surface area contributed by atoms with E-state index < -0.39 is 13.7 Å². The van der Waals surface area contributed by atoms with Gasteiger partial charge in [-0.25, -0.2) is 0 Å². The van der Waals surface area contributed by atoms with Crippen LogP contribution in [0.25, 0.3) is 6.08 Å². The number of hydrogen-bond donors (Lipinski definition) is 1. The van der Waals surface area contributed by atoms with Crippen molar-refractivity contribution in [3.05, 3.63) is 53.5 Å². The van der Waals surface area contributed by atoms with Crippen LogP contribution in [-0.4, -0.2) is 31.0 Å². The van der Waals surface area contributed by atoms with Gasteiger partial charge in [-0.05, 0) is 26.3 Å². The van der Waals surface area contributed by atoms with Crippen LogP contribution in [0.5, 0.6) is 0 Å². The standard InChI is InChI=1S/C17H25O5P/c1-4-20-14-17(23(19,21-5-2)22-6-3)16(18)13-12-15-10-8-7-9-11-15/h7-14,16,18H,4-6H2,1-3H3/b13-12+,17-14-. The lowest BCUT2D eigenvalue weighted by atomic mass is 10.2. The third kappa shape index (κ3) is 6.32. The number of aliphatic hydroxyl groups excluding tert-OH is 1. The fraction of sp³-hybridized carbons (Fsp3) is 0.412. The van der Waals surface area contributed by atoms with Crippen molar-refractivity contribution in [2.75, 3.05) is 19.8 Å². The van der Waals surface area contributed by atoms with Crippen LogP contribution in [0.15, 0.2) is 48.0 Å². The Morgan fingerprint density at radius 3 is 2.26 bits per heavy atom. The molecule has 1 atom stereocenters. The van der Waals surface area contributed by atoms with Gasteiger partial charge in [0.1, 0.15) is 11.4 Å². The molecule has 1 aromatic carbocycles. The lowest BCUT2D eigenvalue weighted by Crippen LogP contribution is -2.12. The molecule has 23 heavy (non-hydrogen) atoms. The van der Waals surface area contributed by atoms with Crippen molar-refractivity contribution in [3.63, 3.8) is 0 Å². The number of hydrogen-bond acceptors (Lipinski definition) is 5. The van der Waals surface area contributed by atoms with Crippen molar-refractivity contribution in [3.8, 4) is 0 Å². The smallest absolute Gasteiger partial charge is 0.363 e. The Morgan fingerprint density at radius 1 is 1.13 bits per heavy atom. The normalized spacial score (nSPS) is 14.2. The lowest BCUT2D eigenvalue weighted by molar-refractivity contribution is 0.201. The summed E-state index contributed by atoms with van der Waals surface area (Å²) in [6, 6.07) is 9.51. The van der Waals surface area contributed by atoms with Gasteiger partial charge in [0.05, 0.1) is 26.1 Å². The fourth-order valence-electron chi connectivity index (χ4n) is 1.86. The molecule has 0 amide bonds. The number of rotatable bonds is 10. The predicted octanol–water partition coefficient (Wildman–Crippen LogP) is 4.20. The average molecular weight is 340 g/mol. The molecule has 0 aliphatic heterocycles. The quantitative estimate of drug-likeness (QED) is 0.511. The molecular formula is C17H25O5P. The number of ether oxygens (including phenoxy) is 1. The molecule has 1 unspecified atom stereocenters. The molecule has 0 heterocycles. The van der Waals surface area contributed by atoms with Gasteiger partial charge in [-0.1, -0.05) is 42.5 Å². The van der Waals surface area contributed by atoms with E-state index in [0.717, 1.165) is 5.56 Å². The average Bonchev–Trinajstić information content (AvgIpc) is 2.54. The molecule has 0 saturated carbocycles. The zero-order valence-corrected chi connectivity index (χ0v) is 14.7. The first-order valence-corrected chi connectivity index (χ1v) is 9.24. The van der Waals surface area contributed by atoms with Crippen LogP contribution in [0.4, 0.5) is 0 Å². The molecule has 1 rings (SSSR count). The Kier molecular flexibility index (Phi) is 8.89. The van der Waals surface area contributed by atoms with Gasteiger partial charge in [-0.15, -0.1) is 0 Å². The van der Waals surface area contributed by atoms with Crippen molar-refractivity contribution in [2.24, 2.45) is 0 Å². The summed E-state index contributed by atoms with van der Waals surface area (Å²) in [6.45, 7) is 6.03. The molecule has 0 aliphatic carbocycles. The SMILES string of the molecule is CCO/C=C(/C(O)/C=C/c1ccccc1)P(=O)(OCC)OCC. The number of aliphatic hydroxyl groups is 1. The van der Waals surface area contributed by atoms with Crippen LogP contribution in [0, 0.1) is 0 Å². The third-order valence-electron chi connectivity index (χ3n) is 2.86. The highest BCUT2D eigenvalue weighted by Crippen LogP contribution is 2.57. The summed E-state index contributed by atoms with van der Waals surface area (Å²) < 4.78 is 28.7. The summed E-state index contributed by atoms with van der Waals surface area (Å²) in [4.78, 5) is 0. The van der Waals surface area contributed by atoms with Gasteiger partial charge in [0.25, 0.3) is 0 Å². The summed E-state index contributed by atoms with van der Waals surface area (Å²) in [7, 11) is -3.60. The van der Waals surface area contributed by atoms with Crippen molar-refractivity contribution in [1.29, 1.82) is 0 Å². The molecule has 0 spiro atoms. The summed E-state index contributed by atoms with van der Waals surface area (Å²) in [5.74, 6) is 0. The first-order chi connectivity index (χ1) is 11.1. The Hall–Kier alpha value is -1.39. The molecule has 1 N–H and O–H groups in total. The Balaban J connectivity index is 3.04. The molecule has 0 aliphatic rings. The van der Waals surface area contributed by atoms with Crippen LogP contribution in [0.2, 0.25) is 0 Å². The summed E-state index contributed by atoms with van der Waals surface area (Å²) in [5.41, 5.74) is 0.921. The van der Waals surface area contributed by atoms with E-state index in [1.165, 1.54) is 12.3 Å². The minimum Gasteiger partial charge on any atom is -0.501 e. The summed E-state index contributed by atoms with van der Waals surface area (Å²) >= 11 is 0. The summed E-state index contributed by atoms with van der Waals surface area (Å²) in [5, 5.41) is 10.5. The van der Waals surface area contributed by atoms with Gasteiger partial charge in [0.2, 0.25) is 0 Å². The highest BCUT2D eigenvalue weighted by Gasteiger charge is 2.34. The van der Waals surface area contributed by atoms with E-state index in [1.54, 1.807) is 26.8 Å². The van der Waals surface area contributed by atoms with Crippen LogP contribution >= 0.6 is 7.60 Å². The molecule has 0 radical (unpaired) electrons. The first kappa shape index (κ1) is 19.7. The molecule has 0 bridgehead atoms.